The average Bonchev–Trinajstić information content (AvgIpc) is 3.06. The Bertz CT molecular complexity index is 625. The van der Waals surface area contributed by atoms with Gasteiger partial charge in [0.1, 0.15) is 0 Å². The molecule has 114 valence electrons. The maximum Gasteiger partial charge on any atom is 0.0366 e. The quantitative estimate of drug-likeness (QED) is 0.719. The van der Waals surface area contributed by atoms with E-state index in [1.807, 2.05) is 0 Å². The molecule has 1 atom stereocenters. The summed E-state index contributed by atoms with van der Waals surface area (Å²) in [5.74, 6) is 0.669. The van der Waals surface area contributed by atoms with Crippen LogP contribution >= 0.6 is 0 Å². The van der Waals surface area contributed by atoms with Gasteiger partial charge in [0.15, 0.2) is 0 Å². The lowest BCUT2D eigenvalue weighted by Crippen LogP contribution is -2.19. The van der Waals surface area contributed by atoms with Crippen LogP contribution in [0.15, 0.2) is 60.7 Å². The van der Waals surface area contributed by atoms with E-state index < -0.39 is 0 Å². The standard InChI is InChI=1S/C21H25N/c1-3-7-17(2)18-10-12-21(13-11-18)22-15-14-20(16-22)19-8-5-4-6-9-19/h4-13,20H,3,14-16H2,1-2H3/b17-7-. The largest absolute Gasteiger partial charge is 0.371 e. The topological polar surface area (TPSA) is 3.24 Å². The van der Waals surface area contributed by atoms with Gasteiger partial charge < -0.3 is 4.90 Å². The average molecular weight is 291 g/mol. The second kappa shape index (κ2) is 6.83. The summed E-state index contributed by atoms with van der Waals surface area (Å²) in [6.07, 6.45) is 4.63. The van der Waals surface area contributed by atoms with Gasteiger partial charge >= 0.3 is 0 Å². The van der Waals surface area contributed by atoms with E-state index in [1.165, 1.54) is 28.8 Å². The first-order valence-corrected chi connectivity index (χ1v) is 8.35. The van der Waals surface area contributed by atoms with Crippen molar-refractivity contribution in [3.8, 4) is 0 Å². The Kier molecular flexibility index (Phi) is 4.62. The molecule has 2 aromatic carbocycles. The minimum atomic E-state index is 0.669. The van der Waals surface area contributed by atoms with Crippen molar-refractivity contribution in [1.29, 1.82) is 0 Å². The van der Waals surface area contributed by atoms with Gasteiger partial charge in [-0.05, 0) is 48.6 Å². The maximum atomic E-state index is 2.51. The van der Waals surface area contributed by atoms with Crippen molar-refractivity contribution >= 4 is 11.3 Å². The molecule has 1 saturated heterocycles. The summed E-state index contributed by atoms with van der Waals surface area (Å²) in [5.41, 5.74) is 5.54. The highest BCUT2D eigenvalue weighted by Gasteiger charge is 2.23. The van der Waals surface area contributed by atoms with Gasteiger partial charge in [0, 0.05) is 24.7 Å². The lowest BCUT2D eigenvalue weighted by molar-refractivity contribution is 0.775. The number of nitrogens with zero attached hydrogens (tertiary/aromatic N) is 1. The van der Waals surface area contributed by atoms with Gasteiger partial charge in [-0.15, -0.1) is 0 Å². The predicted molar refractivity (Wildman–Crippen MR) is 96.4 cm³/mol. The molecule has 0 aliphatic carbocycles. The lowest BCUT2D eigenvalue weighted by atomic mass is 9.99. The molecule has 1 fully saturated rings. The lowest BCUT2D eigenvalue weighted by Gasteiger charge is -2.19. The van der Waals surface area contributed by atoms with Crippen molar-refractivity contribution in [1.82, 2.24) is 0 Å². The van der Waals surface area contributed by atoms with Crippen molar-refractivity contribution in [3.63, 3.8) is 0 Å². The van der Waals surface area contributed by atoms with Crippen LogP contribution < -0.4 is 4.90 Å². The number of allylic oxidation sites excluding steroid dienone is 2. The van der Waals surface area contributed by atoms with Gasteiger partial charge in [0.25, 0.3) is 0 Å². The molecule has 22 heavy (non-hydrogen) atoms. The van der Waals surface area contributed by atoms with Gasteiger partial charge in [-0.25, -0.2) is 0 Å². The van der Waals surface area contributed by atoms with Crippen molar-refractivity contribution in [2.24, 2.45) is 0 Å². The van der Waals surface area contributed by atoms with E-state index in [-0.39, 0.29) is 0 Å². The fourth-order valence-corrected chi connectivity index (χ4v) is 3.35. The molecule has 0 bridgehead atoms. The fraction of sp³-hybridized carbons (Fsp3) is 0.333. The fourth-order valence-electron chi connectivity index (χ4n) is 3.35. The molecule has 1 heteroatoms. The second-order valence-electron chi connectivity index (χ2n) is 6.18. The number of rotatable bonds is 4. The molecule has 0 saturated carbocycles. The van der Waals surface area contributed by atoms with E-state index in [4.69, 9.17) is 0 Å². The predicted octanol–water partition coefficient (Wildman–Crippen LogP) is 5.49. The van der Waals surface area contributed by atoms with E-state index in [9.17, 15) is 0 Å². The zero-order valence-corrected chi connectivity index (χ0v) is 13.6. The molecule has 1 aliphatic heterocycles. The first-order valence-electron chi connectivity index (χ1n) is 8.35. The number of hydrogen-bond acceptors (Lipinski definition) is 1. The molecule has 3 rings (SSSR count). The molecular formula is C21H25N. The Morgan fingerprint density at radius 2 is 1.82 bits per heavy atom. The smallest absolute Gasteiger partial charge is 0.0366 e. The minimum absolute atomic E-state index is 0.669. The summed E-state index contributed by atoms with van der Waals surface area (Å²) in [6, 6.07) is 20.0. The molecule has 1 unspecified atom stereocenters. The zero-order valence-electron chi connectivity index (χ0n) is 13.6. The third-order valence-corrected chi connectivity index (χ3v) is 4.66. The van der Waals surface area contributed by atoms with Crippen LogP contribution in [0.4, 0.5) is 5.69 Å². The number of benzene rings is 2. The molecular weight excluding hydrogens is 266 g/mol. The Labute approximate surface area is 134 Å². The summed E-state index contributed by atoms with van der Waals surface area (Å²) in [4.78, 5) is 2.51. The molecule has 1 heterocycles. The first kappa shape index (κ1) is 14.9. The van der Waals surface area contributed by atoms with Gasteiger partial charge in [-0.2, -0.15) is 0 Å². The molecule has 1 aliphatic rings. The van der Waals surface area contributed by atoms with Crippen LogP contribution in [0.3, 0.4) is 0 Å². The molecule has 2 aromatic rings. The Morgan fingerprint density at radius 3 is 2.50 bits per heavy atom. The van der Waals surface area contributed by atoms with Crippen LogP contribution in [0, 0.1) is 0 Å². The van der Waals surface area contributed by atoms with Gasteiger partial charge in [0.05, 0.1) is 0 Å². The molecule has 0 aromatic heterocycles. The first-order chi connectivity index (χ1) is 10.8. The monoisotopic (exact) mass is 291 g/mol. The highest BCUT2D eigenvalue weighted by Crippen LogP contribution is 2.31. The summed E-state index contributed by atoms with van der Waals surface area (Å²) in [6.45, 7) is 6.67. The van der Waals surface area contributed by atoms with Crippen molar-refractivity contribution in [2.75, 3.05) is 18.0 Å². The third-order valence-electron chi connectivity index (χ3n) is 4.66. The highest BCUT2D eigenvalue weighted by atomic mass is 15.1. The highest BCUT2D eigenvalue weighted by molar-refractivity contribution is 5.66. The maximum absolute atomic E-state index is 2.51. The van der Waals surface area contributed by atoms with E-state index >= 15 is 0 Å². The number of hydrogen-bond donors (Lipinski definition) is 0. The summed E-state index contributed by atoms with van der Waals surface area (Å²) in [7, 11) is 0. The van der Waals surface area contributed by atoms with Gasteiger partial charge in [-0.3, -0.25) is 0 Å². The Balaban J connectivity index is 1.70. The minimum Gasteiger partial charge on any atom is -0.371 e. The van der Waals surface area contributed by atoms with Crippen LogP contribution in [-0.4, -0.2) is 13.1 Å². The van der Waals surface area contributed by atoms with Crippen LogP contribution in [0.25, 0.3) is 5.57 Å². The normalized spacial score (nSPS) is 18.7. The van der Waals surface area contributed by atoms with E-state index in [1.54, 1.807) is 0 Å². The van der Waals surface area contributed by atoms with Crippen LogP contribution in [0.5, 0.6) is 0 Å². The molecule has 0 radical (unpaired) electrons. The molecule has 1 nitrogen and oxygen atoms in total. The van der Waals surface area contributed by atoms with Crippen LogP contribution in [0.1, 0.15) is 43.7 Å². The summed E-state index contributed by atoms with van der Waals surface area (Å²) < 4.78 is 0. The summed E-state index contributed by atoms with van der Waals surface area (Å²) in [5, 5.41) is 0. The van der Waals surface area contributed by atoms with Crippen LogP contribution in [0.2, 0.25) is 0 Å². The zero-order chi connectivity index (χ0) is 15.4. The van der Waals surface area contributed by atoms with E-state index in [2.05, 4.69) is 79.4 Å². The van der Waals surface area contributed by atoms with Crippen LogP contribution in [-0.2, 0) is 0 Å². The second-order valence-corrected chi connectivity index (χ2v) is 6.18. The van der Waals surface area contributed by atoms with Crippen molar-refractivity contribution in [2.45, 2.75) is 32.6 Å². The summed E-state index contributed by atoms with van der Waals surface area (Å²) >= 11 is 0. The third kappa shape index (κ3) is 3.24. The van der Waals surface area contributed by atoms with Crippen molar-refractivity contribution < 1.29 is 0 Å². The SMILES string of the molecule is CC/C=C(/C)c1ccc(N2CCC(c3ccccc3)C2)cc1. The Morgan fingerprint density at radius 1 is 1.09 bits per heavy atom. The molecule has 0 N–H and O–H groups in total. The Hall–Kier alpha value is -2.02. The molecule has 0 amide bonds. The van der Waals surface area contributed by atoms with Gasteiger partial charge in [0.2, 0.25) is 0 Å². The van der Waals surface area contributed by atoms with Crippen molar-refractivity contribution in [3.05, 3.63) is 71.8 Å². The van der Waals surface area contributed by atoms with E-state index in [0.29, 0.717) is 5.92 Å². The molecule has 0 spiro atoms. The number of anilines is 1. The van der Waals surface area contributed by atoms with E-state index in [0.717, 1.165) is 19.5 Å². The van der Waals surface area contributed by atoms with Gasteiger partial charge in [-0.1, -0.05) is 55.5 Å².